The largest absolute Gasteiger partial charge is 0.336 e. The molecule has 0 aliphatic carbocycles. The number of piperazine rings is 1. The second-order valence-electron chi connectivity index (χ2n) is 8.65. The van der Waals surface area contributed by atoms with Gasteiger partial charge >= 0.3 is 17.8 Å². The summed E-state index contributed by atoms with van der Waals surface area (Å²) in [4.78, 5) is 55.3. The maximum absolute atomic E-state index is 12.8. The quantitative estimate of drug-likeness (QED) is 0.525. The molecule has 8 nitrogen and oxygen atoms in total. The number of carbonyl (C=O) groups excluding carboxylic acids is 4. The molecule has 0 N–H and O–H groups in total. The number of imide groups is 2. The molecule has 0 saturated carbocycles. The van der Waals surface area contributed by atoms with Gasteiger partial charge < -0.3 is 4.90 Å². The molecule has 5 amide bonds. The Morgan fingerprint density at radius 3 is 1.97 bits per heavy atom. The second-order valence-corrected chi connectivity index (χ2v) is 8.65. The van der Waals surface area contributed by atoms with E-state index in [0.29, 0.717) is 37.7 Å². The monoisotopic (exact) mass is 414 g/mol. The van der Waals surface area contributed by atoms with E-state index in [0.717, 1.165) is 9.80 Å². The molecule has 2 aliphatic heterocycles. The lowest BCUT2D eigenvalue weighted by atomic mass is 10.0. The number of hydrogen-bond donors (Lipinski definition) is 0. The standard InChI is InChI=1S/C22H30N4O4/c1-15(2)13-25-20(28)21(29)26(22(25)30)14-23-9-11-24(12-10-23)19(27)18-7-5-17(6-8-18)16(3)4/h5-8,15-16H,9-14H2,1-4H3. The van der Waals surface area contributed by atoms with Crippen LogP contribution in [0.1, 0.15) is 49.5 Å². The molecule has 3 rings (SSSR count). The number of rotatable bonds is 6. The van der Waals surface area contributed by atoms with Gasteiger partial charge in [-0.25, -0.2) is 9.69 Å². The highest BCUT2D eigenvalue weighted by molar-refractivity contribution is 6.44. The Morgan fingerprint density at radius 1 is 0.867 bits per heavy atom. The van der Waals surface area contributed by atoms with E-state index in [1.54, 1.807) is 4.90 Å². The van der Waals surface area contributed by atoms with Crippen LogP contribution in [-0.2, 0) is 9.59 Å². The predicted molar refractivity (Wildman–Crippen MR) is 112 cm³/mol. The van der Waals surface area contributed by atoms with Crippen molar-refractivity contribution >= 4 is 23.8 Å². The molecule has 0 spiro atoms. The molecule has 0 radical (unpaired) electrons. The molecule has 0 atom stereocenters. The van der Waals surface area contributed by atoms with Crippen molar-refractivity contribution in [1.82, 2.24) is 19.6 Å². The molecule has 8 heteroatoms. The number of urea groups is 1. The molecule has 2 aliphatic rings. The van der Waals surface area contributed by atoms with Crippen molar-refractivity contribution in [3.05, 3.63) is 35.4 Å². The van der Waals surface area contributed by atoms with Crippen molar-refractivity contribution in [2.24, 2.45) is 5.92 Å². The van der Waals surface area contributed by atoms with Crippen molar-refractivity contribution in [2.75, 3.05) is 39.4 Å². The van der Waals surface area contributed by atoms with E-state index >= 15 is 0 Å². The number of nitrogens with zero attached hydrogens (tertiary/aromatic N) is 4. The van der Waals surface area contributed by atoms with E-state index < -0.39 is 17.8 Å². The van der Waals surface area contributed by atoms with Crippen molar-refractivity contribution < 1.29 is 19.2 Å². The van der Waals surface area contributed by atoms with Crippen LogP contribution in [0.5, 0.6) is 0 Å². The number of carbonyl (C=O) groups is 4. The van der Waals surface area contributed by atoms with E-state index in [1.165, 1.54) is 5.56 Å². The Labute approximate surface area is 177 Å². The third kappa shape index (κ3) is 4.53. The van der Waals surface area contributed by atoms with Gasteiger partial charge in [-0.3, -0.25) is 24.2 Å². The van der Waals surface area contributed by atoms with Crippen LogP contribution in [0.2, 0.25) is 0 Å². The summed E-state index contributed by atoms with van der Waals surface area (Å²) in [7, 11) is 0. The van der Waals surface area contributed by atoms with Crippen molar-refractivity contribution in [1.29, 1.82) is 0 Å². The van der Waals surface area contributed by atoms with Gasteiger partial charge in [0, 0.05) is 38.3 Å². The van der Waals surface area contributed by atoms with Crippen LogP contribution in [0.3, 0.4) is 0 Å². The molecule has 0 aromatic heterocycles. The predicted octanol–water partition coefficient (Wildman–Crippen LogP) is 1.97. The fraction of sp³-hybridized carbons (Fsp3) is 0.545. The number of amides is 5. The minimum Gasteiger partial charge on any atom is -0.336 e. The summed E-state index contributed by atoms with van der Waals surface area (Å²) < 4.78 is 0. The van der Waals surface area contributed by atoms with Crippen LogP contribution in [0.25, 0.3) is 0 Å². The topological polar surface area (TPSA) is 81.2 Å². The first-order chi connectivity index (χ1) is 14.2. The molecule has 162 valence electrons. The lowest BCUT2D eigenvalue weighted by molar-refractivity contribution is -0.144. The smallest absolute Gasteiger partial charge is 0.335 e. The Kier molecular flexibility index (Phi) is 6.55. The fourth-order valence-electron chi connectivity index (χ4n) is 3.69. The van der Waals surface area contributed by atoms with Crippen LogP contribution in [0.4, 0.5) is 4.79 Å². The SMILES string of the molecule is CC(C)CN1C(=O)C(=O)N(CN2CCN(C(=O)c3ccc(C(C)C)cc3)CC2)C1=O. The molecule has 2 heterocycles. The molecule has 30 heavy (non-hydrogen) atoms. The lowest BCUT2D eigenvalue weighted by Crippen LogP contribution is -2.52. The molecular formula is C22H30N4O4. The van der Waals surface area contributed by atoms with Crippen molar-refractivity contribution in [3.8, 4) is 0 Å². The van der Waals surface area contributed by atoms with E-state index in [-0.39, 0.29) is 25.0 Å². The average Bonchev–Trinajstić information content (AvgIpc) is 2.92. The molecule has 2 saturated heterocycles. The molecule has 0 unspecified atom stereocenters. The summed E-state index contributed by atoms with van der Waals surface area (Å²) in [5, 5.41) is 0. The molecule has 1 aromatic rings. The molecule has 0 bridgehead atoms. The van der Waals surface area contributed by atoms with Gasteiger partial charge in [-0.15, -0.1) is 0 Å². The van der Waals surface area contributed by atoms with E-state index in [1.807, 2.05) is 43.0 Å². The van der Waals surface area contributed by atoms with Gasteiger partial charge in [-0.1, -0.05) is 39.8 Å². The van der Waals surface area contributed by atoms with Crippen LogP contribution in [0.15, 0.2) is 24.3 Å². The highest BCUT2D eigenvalue weighted by Gasteiger charge is 2.45. The Hall–Kier alpha value is -2.74. The van der Waals surface area contributed by atoms with E-state index in [9.17, 15) is 19.2 Å². The van der Waals surface area contributed by atoms with Crippen LogP contribution < -0.4 is 0 Å². The summed E-state index contributed by atoms with van der Waals surface area (Å²) in [6, 6.07) is 7.14. The first-order valence-electron chi connectivity index (χ1n) is 10.5. The summed E-state index contributed by atoms with van der Waals surface area (Å²) in [5.74, 6) is -1.04. The highest BCUT2D eigenvalue weighted by atomic mass is 16.2. The summed E-state index contributed by atoms with van der Waals surface area (Å²) in [5.41, 5.74) is 1.85. The summed E-state index contributed by atoms with van der Waals surface area (Å²) in [6.07, 6.45) is 0. The van der Waals surface area contributed by atoms with E-state index in [4.69, 9.17) is 0 Å². The zero-order valence-corrected chi connectivity index (χ0v) is 18.1. The minimum atomic E-state index is -0.774. The Bertz CT molecular complexity index is 826. The zero-order chi connectivity index (χ0) is 22.0. The summed E-state index contributed by atoms with van der Waals surface area (Å²) >= 11 is 0. The highest BCUT2D eigenvalue weighted by Crippen LogP contribution is 2.18. The second kappa shape index (κ2) is 8.95. The normalized spacial score (nSPS) is 18.3. The Balaban J connectivity index is 1.55. The van der Waals surface area contributed by atoms with Crippen LogP contribution in [0, 0.1) is 5.92 Å². The van der Waals surface area contributed by atoms with Gasteiger partial charge in [-0.2, -0.15) is 0 Å². The van der Waals surface area contributed by atoms with Gasteiger partial charge in [0.25, 0.3) is 5.91 Å². The number of benzene rings is 1. The van der Waals surface area contributed by atoms with Gasteiger partial charge in [0.05, 0.1) is 6.67 Å². The third-order valence-corrected chi connectivity index (χ3v) is 5.51. The molecule has 1 aromatic carbocycles. The zero-order valence-electron chi connectivity index (χ0n) is 18.1. The van der Waals surface area contributed by atoms with Gasteiger partial charge in [-0.05, 0) is 29.5 Å². The van der Waals surface area contributed by atoms with Crippen LogP contribution >= 0.6 is 0 Å². The third-order valence-electron chi connectivity index (χ3n) is 5.51. The first kappa shape index (κ1) is 22.0. The van der Waals surface area contributed by atoms with Gasteiger partial charge in [0.1, 0.15) is 0 Å². The van der Waals surface area contributed by atoms with Gasteiger partial charge in [0.15, 0.2) is 0 Å². The number of hydrogen-bond acceptors (Lipinski definition) is 5. The van der Waals surface area contributed by atoms with E-state index in [2.05, 4.69) is 13.8 Å². The molecule has 2 fully saturated rings. The maximum Gasteiger partial charge on any atom is 0.335 e. The average molecular weight is 415 g/mol. The van der Waals surface area contributed by atoms with Gasteiger partial charge in [0.2, 0.25) is 0 Å². The summed E-state index contributed by atoms with van der Waals surface area (Å²) in [6.45, 7) is 10.4. The first-order valence-corrected chi connectivity index (χ1v) is 10.5. The van der Waals surface area contributed by atoms with Crippen molar-refractivity contribution in [3.63, 3.8) is 0 Å². The molecular weight excluding hydrogens is 384 g/mol. The fourth-order valence-corrected chi connectivity index (χ4v) is 3.69. The van der Waals surface area contributed by atoms with Crippen molar-refractivity contribution in [2.45, 2.75) is 33.6 Å². The Morgan fingerprint density at radius 2 is 1.43 bits per heavy atom. The maximum atomic E-state index is 12.8. The minimum absolute atomic E-state index is 0.0171. The van der Waals surface area contributed by atoms with Crippen LogP contribution in [-0.4, -0.2) is 82.7 Å². The lowest BCUT2D eigenvalue weighted by Gasteiger charge is -2.36.